The van der Waals surface area contributed by atoms with E-state index >= 15 is 0 Å². The molecule has 0 aromatic heterocycles. The molecule has 0 heterocycles. The Balaban J connectivity index is 3.83. The summed E-state index contributed by atoms with van der Waals surface area (Å²) in [6, 6.07) is 0. The van der Waals surface area contributed by atoms with Gasteiger partial charge in [-0.2, -0.15) is 0 Å². The third-order valence-corrected chi connectivity index (χ3v) is 1.51. The fourth-order valence-corrected chi connectivity index (χ4v) is 0.978. The van der Waals surface area contributed by atoms with Gasteiger partial charge in [-0.25, -0.2) is 4.79 Å². The number of carbonyl (C=O) groups is 1. The first kappa shape index (κ1) is 12.2. The second kappa shape index (κ2) is 6.66. The quantitative estimate of drug-likeness (QED) is 0.468. The molecule has 0 aliphatic rings. The minimum atomic E-state index is -0.340. The van der Waals surface area contributed by atoms with Crippen LogP contribution in [0, 0.1) is 5.92 Å². The van der Waals surface area contributed by atoms with Gasteiger partial charge in [0.15, 0.2) is 0 Å². The summed E-state index contributed by atoms with van der Waals surface area (Å²) in [5, 5.41) is 0. The highest BCUT2D eigenvalue weighted by atomic mass is 16.6. The van der Waals surface area contributed by atoms with Crippen molar-refractivity contribution in [3.05, 3.63) is 12.7 Å². The van der Waals surface area contributed by atoms with E-state index < -0.39 is 0 Å². The van der Waals surface area contributed by atoms with Gasteiger partial charge in [-0.15, -0.1) is 0 Å². The molecule has 0 amide bonds. The molecule has 0 aliphatic carbocycles. The van der Waals surface area contributed by atoms with E-state index in [9.17, 15) is 4.79 Å². The standard InChI is InChI=1S/C10H18O3/c1-5-9(6-8(2)3)13-10(11)7-12-4/h5,8-9H,1,6-7H2,2-4H3. The van der Waals surface area contributed by atoms with Crippen molar-refractivity contribution in [1.82, 2.24) is 0 Å². The van der Waals surface area contributed by atoms with Gasteiger partial charge in [-0.1, -0.05) is 26.5 Å². The number of ether oxygens (including phenoxy) is 2. The maximum absolute atomic E-state index is 11.0. The molecule has 1 unspecified atom stereocenters. The van der Waals surface area contributed by atoms with Gasteiger partial charge in [0.25, 0.3) is 0 Å². The highest BCUT2D eigenvalue weighted by Gasteiger charge is 2.11. The Labute approximate surface area is 79.7 Å². The van der Waals surface area contributed by atoms with Crippen molar-refractivity contribution in [2.75, 3.05) is 13.7 Å². The summed E-state index contributed by atoms with van der Waals surface area (Å²) in [7, 11) is 1.46. The smallest absolute Gasteiger partial charge is 0.332 e. The SMILES string of the molecule is C=CC(CC(C)C)OC(=O)COC. The van der Waals surface area contributed by atoms with Crippen molar-refractivity contribution in [3.63, 3.8) is 0 Å². The van der Waals surface area contributed by atoms with E-state index in [1.165, 1.54) is 7.11 Å². The molecule has 0 saturated heterocycles. The summed E-state index contributed by atoms with van der Waals surface area (Å²) in [5.41, 5.74) is 0. The normalized spacial score (nSPS) is 12.6. The predicted octanol–water partition coefficient (Wildman–Crippen LogP) is 1.78. The highest BCUT2D eigenvalue weighted by Crippen LogP contribution is 2.09. The van der Waals surface area contributed by atoms with E-state index in [1.54, 1.807) is 6.08 Å². The van der Waals surface area contributed by atoms with Crippen molar-refractivity contribution in [2.24, 2.45) is 5.92 Å². The van der Waals surface area contributed by atoms with E-state index in [1.807, 2.05) is 0 Å². The van der Waals surface area contributed by atoms with Gasteiger partial charge >= 0.3 is 5.97 Å². The monoisotopic (exact) mass is 186 g/mol. The average molecular weight is 186 g/mol. The molecule has 0 radical (unpaired) electrons. The number of carbonyl (C=O) groups excluding carboxylic acids is 1. The van der Waals surface area contributed by atoms with Crippen molar-refractivity contribution in [1.29, 1.82) is 0 Å². The van der Waals surface area contributed by atoms with E-state index in [0.29, 0.717) is 5.92 Å². The molecule has 0 aromatic carbocycles. The second-order valence-electron chi connectivity index (χ2n) is 3.33. The fourth-order valence-electron chi connectivity index (χ4n) is 0.978. The first-order chi connectivity index (χ1) is 6.10. The molecule has 3 heteroatoms. The summed E-state index contributed by atoms with van der Waals surface area (Å²) < 4.78 is 9.71. The van der Waals surface area contributed by atoms with Gasteiger partial charge in [-0.05, 0) is 12.3 Å². The van der Waals surface area contributed by atoms with Crippen molar-refractivity contribution < 1.29 is 14.3 Å². The number of hydrogen-bond acceptors (Lipinski definition) is 3. The van der Waals surface area contributed by atoms with Crippen molar-refractivity contribution in [3.8, 4) is 0 Å². The Hall–Kier alpha value is -0.830. The van der Waals surface area contributed by atoms with Crippen molar-refractivity contribution >= 4 is 5.97 Å². The molecule has 0 saturated carbocycles. The number of rotatable bonds is 6. The van der Waals surface area contributed by atoms with E-state index in [4.69, 9.17) is 4.74 Å². The maximum Gasteiger partial charge on any atom is 0.332 e. The lowest BCUT2D eigenvalue weighted by Gasteiger charge is -2.15. The zero-order chi connectivity index (χ0) is 10.3. The van der Waals surface area contributed by atoms with Gasteiger partial charge in [-0.3, -0.25) is 0 Å². The van der Waals surface area contributed by atoms with Crippen LogP contribution in [0.1, 0.15) is 20.3 Å². The maximum atomic E-state index is 11.0. The molecule has 13 heavy (non-hydrogen) atoms. The molecule has 0 aliphatic heterocycles. The Bertz CT molecular complexity index is 164. The lowest BCUT2D eigenvalue weighted by Crippen LogP contribution is -2.20. The largest absolute Gasteiger partial charge is 0.456 e. The van der Waals surface area contributed by atoms with Crippen LogP contribution < -0.4 is 0 Å². The van der Waals surface area contributed by atoms with Crippen LogP contribution in [-0.2, 0) is 14.3 Å². The van der Waals surface area contributed by atoms with E-state index in [0.717, 1.165) is 6.42 Å². The van der Waals surface area contributed by atoms with Gasteiger partial charge in [0.1, 0.15) is 12.7 Å². The lowest BCUT2D eigenvalue weighted by molar-refractivity contribution is -0.151. The zero-order valence-corrected chi connectivity index (χ0v) is 8.58. The molecule has 0 spiro atoms. The van der Waals surface area contributed by atoms with E-state index in [-0.39, 0.29) is 18.7 Å². The number of hydrogen-bond donors (Lipinski definition) is 0. The summed E-state index contributed by atoms with van der Waals surface area (Å²) in [6.45, 7) is 7.75. The lowest BCUT2D eigenvalue weighted by atomic mass is 10.1. The summed E-state index contributed by atoms with van der Waals surface area (Å²) in [4.78, 5) is 11.0. The average Bonchev–Trinajstić information content (AvgIpc) is 2.02. The molecule has 3 nitrogen and oxygen atoms in total. The highest BCUT2D eigenvalue weighted by molar-refractivity contribution is 5.71. The van der Waals surface area contributed by atoms with Crippen LogP contribution in [0.25, 0.3) is 0 Å². The van der Waals surface area contributed by atoms with Crippen LogP contribution in [0.4, 0.5) is 0 Å². The molecule has 76 valence electrons. The first-order valence-electron chi connectivity index (χ1n) is 4.41. The fraction of sp³-hybridized carbons (Fsp3) is 0.700. The van der Waals surface area contributed by atoms with Crippen LogP contribution in [0.2, 0.25) is 0 Å². The van der Waals surface area contributed by atoms with Crippen LogP contribution in [0.5, 0.6) is 0 Å². The topological polar surface area (TPSA) is 35.5 Å². The molecule has 0 N–H and O–H groups in total. The molecule has 0 rings (SSSR count). The zero-order valence-electron chi connectivity index (χ0n) is 8.58. The van der Waals surface area contributed by atoms with E-state index in [2.05, 4.69) is 25.2 Å². The Morgan fingerprint density at radius 2 is 2.15 bits per heavy atom. The Morgan fingerprint density at radius 3 is 2.54 bits per heavy atom. The third-order valence-electron chi connectivity index (χ3n) is 1.51. The molecule has 1 atom stereocenters. The molecular formula is C10H18O3. The van der Waals surface area contributed by atoms with Gasteiger partial charge in [0.05, 0.1) is 0 Å². The first-order valence-corrected chi connectivity index (χ1v) is 4.41. The van der Waals surface area contributed by atoms with Crippen LogP contribution in [0.15, 0.2) is 12.7 Å². The minimum Gasteiger partial charge on any atom is -0.456 e. The van der Waals surface area contributed by atoms with Gasteiger partial charge < -0.3 is 9.47 Å². The summed E-state index contributed by atoms with van der Waals surface area (Å²) in [6.07, 6.45) is 2.26. The molecule has 0 aromatic rings. The Kier molecular flexibility index (Phi) is 6.24. The van der Waals surface area contributed by atoms with Gasteiger partial charge in [0.2, 0.25) is 0 Å². The van der Waals surface area contributed by atoms with Crippen molar-refractivity contribution in [2.45, 2.75) is 26.4 Å². The van der Waals surface area contributed by atoms with Gasteiger partial charge in [0, 0.05) is 7.11 Å². The second-order valence-corrected chi connectivity index (χ2v) is 3.33. The molecule has 0 bridgehead atoms. The minimum absolute atomic E-state index is 0.00242. The Morgan fingerprint density at radius 1 is 1.54 bits per heavy atom. The summed E-state index contributed by atoms with van der Waals surface area (Å²) in [5.74, 6) is 0.145. The summed E-state index contributed by atoms with van der Waals surface area (Å²) >= 11 is 0. The number of esters is 1. The number of methoxy groups -OCH3 is 1. The van der Waals surface area contributed by atoms with Crippen LogP contribution >= 0.6 is 0 Å². The van der Waals surface area contributed by atoms with Crippen LogP contribution in [-0.4, -0.2) is 25.8 Å². The van der Waals surface area contributed by atoms with Crippen LogP contribution in [0.3, 0.4) is 0 Å². The predicted molar refractivity (Wildman–Crippen MR) is 51.4 cm³/mol. The molecule has 0 fully saturated rings. The molecular weight excluding hydrogens is 168 g/mol. The third kappa shape index (κ3) is 6.34.